The highest BCUT2D eigenvalue weighted by Gasteiger charge is 2.54. The number of aliphatic hydroxyl groups is 1. The first-order chi connectivity index (χ1) is 8.60. The van der Waals surface area contributed by atoms with E-state index in [9.17, 15) is 4.79 Å². The molecule has 0 radical (unpaired) electrons. The lowest BCUT2D eigenvalue weighted by atomic mass is 10.0. The highest BCUT2D eigenvalue weighted by Crippen LogP contribution is 2.47. The predicted octanol–water partition coefficient (Wildman–Crippen LogP) is 0.0526. The number of ether oxygens (including phenoxy) is 1. The molecule has 18 heavy (non-hydrogen) atoms. The average Bonchev–Trinajstić information content (AvgIpc) is 3.17. The van der Waals surface area contributed by atoms with Crippen molar-refractivity contribution < 1.29 is 14.6 Å². The lowest BCUT2D eigenvalue weighted by Crippen LogP contribution is -2.47. The van der Waals surface area contributed by atoms with Gasteiger partial charge in [-0.05, 0) is 25.7 Å². The molecule has 1 amide bonds. The zero-order valence-corrected chi connectivity index (χ0v) is 11.2. The molecule has 1 heterocycles. The highest BCUT2D eigenvalue weighted by molar-refractivity contribution is 7.80. The average molecular weight is 272 g/mol. The van der Waals surface area contributed by atoms with Crippen molar-refractivity contribution in [2.24, 2.45) is 11.1 Å². The van der Waals surface area contributed by atoms with Gasteiger partial charge in [0.05, 0.1) is 29.7 Å². The van der Waals surface area contributed by atoms with E-state index in [0.717, 1.165) is 25.7 Å². The minimum absolute atomic E-state index is 0.0453. The number of aliphatic hydroxyl groups excluding tert-OH is 1. The number of rotatable bonds is 5. The summed E-state index contributed by atoms with van der Waals surface area (Å²) in [4.78, 5) is 14.5. The minimum Gasteiger partial charge on any atom is -0.394 e. The summed E-state index contributed by atoms with van der Waals surface area (Å²) in [6.45, 7) is 1.80. The van der Waals surface area contributed by atoms with Crippen LogP contribution in [0.3, 0.4) is 0 Å². The van der Waals surface area contributed by atoms with E-state index in [4.69, 9.17) is 27.8 Å². The number of carbonyl (C=O) groups is 1. The Labute approximate surface area is 112 Å². The summed E-state index contributed by atoms with van der Waals surface area (Å²) in [6.07, 6.45) is 3.38. The summed E-state index contributed by atoms with van der Waals surface area (Å²) in [5, 5.41) is 8.70. The summed E-state index contributed by atoms with van der Waals surface area (Å²) >= 11 is 5.00. The van der Waals surface area contributed by atoms with Crippen molar-refractivity contribution in [1.29, 1.82) is 0 Å². The van der Waals surface area contributed by atoms with Crippen LogP contribution in [0.4, 0.5) is 0 Å². The molecule has 1 saturated carbocycles. The Hall–Kier alpha value is -0.720. The van der Waals surface area contributed by atoms with Crippen LogP contribution in [0, 0.1) is 5.41 Å². The van der Waals surface area contributed by atoms with Gasteiger partial charge in [0.25, 0.3) is 0 Å². The van der Waals surface area contributed by atoms with Gasteiger partial charge in [-0.1, -0.05) is 12.2 Å². The predicted molar refractivity (Wildman–Crippen MR) is 71.1 cm³/mol. The fraction of sp³-hybridized carbons (Fsp3) is 0.833. The fourth-order valence-electron chi connectivity index (χ4n) is 2.44. The van der Waals surface area contributed by atoms with Crippen molar-refractivity contribution >= 4 is 23.1 Å². The minimum atomic E-state index is -0.534. The smallest absolute Gasteiger partial charge is 0.235 e. The molecular weight excluding hydrogens is 252 g/mol. The maximum atomic E-state index is 12.3. The number of nitrogens with two attached hydrogens (primary N) is 1. The second kappa shape index (κ2) is 5.50. The van der Waals surface area contributed by atoms with Crippen molar-refractivity contribution in [3.8, 4) is 0 Å². The first-order valence-electron chi connectivity index (χ1n) is 6.42. The van der Waals surface area contributed by atoms with E-state index in [0.29, 0.717) is 24.7 Å². The van der Waals surface area contributed by atoms with Crippen molar-refractivity contribution in [1.82, 2.24) is 4.90 Å². The van der Waals surface area contributed by atoms with E-state index in [1.165, 1.54) is 0 Å². The molecule has 1 saturated heterocycles. The Morgan fingerprint density at radius 1 is 1.44 bits per heavy atom. The first kappa shape index (κ1) is 13.7. The number of thiocarbonyl (C=S) groups is 1. The van der Waals surface area contributed by atoms with Crippen LogP contribution >= 0.6 is 12.2 Å². The lowest BCUT2D eigenvalue weighted by Gasteiger charge is -2.34. The molecule has 0 aromatic heterocycles. The van der Waals surface area contributed by atoms with Gasteiger partial charge in [0.15, 0.2) is 0 Å². The number of hydrogen-bond donors (Lipinski definition) is 2. The molecule has 0 aromatic carbocycles. The van der Waals surface area contributed by atoms with Gasteiger partial charge < -0.3 is 20.5 Å². The van der Waals surface area contributed by atoms with Gasteiger partial charge in [0, 0.05) is 13.1 Å². The molecule has 102 valence electrons. The molecule has 0 bridgehead atoms. The molecule has 1 aliphatic carbocycles. The molecule has 0 unspecified atom stereocenters. The molecule has 0 atom stereocenters. The fourth-order valence-corrected chi connectivity index (χ4v) is 2.73. The summed E-state index contributed by atoms with van der Waals surface area (Å²) in [5.41, 5.74) is 5.13. The molecule has 0 spiro atoms. The van der Waals surface area contributed by atoms with Gasteiger partial charge >= 0.3 is 0 Å². The molecule has 3 N–H and O–H groups in total. The van der Waals surface area contributed by atoms with E-state index >= 15 is 0 Å². The van der Waals surface area contributed by atoms with Gasteiger partial charge in [-0.15, -0.1) is 0 Å². The van der Waals surface area contributed by atoms with E-state index in [1.54, 1.807) is 0 Å². The quantitative estimate of drug-likeness (QED) is 0.692. The Morgan fingerprint density at radius 2 is 2.06 bits per heavy atom. The van der Waals surface area contributed by atoms with Crippen LogP contribution in [-0.4, -0.2) is 53.3 Å². The Balaban J connectivity index is 1.83. The van der Waals surface area contributed by atoms with Crippen LogP contribution in [0.5, 0.6) is 0 Å². The monoisotopic (exact) mass is 272 g/mol. The normalized spacial score (nSPS) is 22.8. The topological polar surface area (TPSA) is 75.8 Å². The Bertz CT molecular complexity index is 336. The van der Waals surface area contributed by atoms with Gasteiger partial charge in [0.2, 0.25) is 5.91 Å². The van der Waals surface area contributed by atoms with E-state index in [2.05, 4.69) is 0 Å². The number of amides is 1. The lowest BCUT2D eigenvalue weighted by molar-refractivity contribution is -0.137. The zero-order chi connectivity index (χ0) is 13.2. The second-order valence-electron chi connectivity index (χ2n) is 5.03. The van der Waals surface area contributed by atoms with Gasteiger partial charge in [-0.3, -0.25) is 4.79 Å². The first-order valence-corrected chi connectivity index (χ1v) is 6.83. The van der Waals surface area contributed by atoms with Crippen molar-refractivity contribution in [2.45, 2.75) is 31.8 Å². The number of hydrogen-bond acceptors (Lipinski definition) is 4. The third kappa shape index (κ3) is 2.65. The number of likely N-dealkylation sites (tertiary alicyclic amines) is 1. The number of nitrogens with zero attached hydrogens (tertiary/aromatic N) is 1. The summed E-state index contributed by atoms with van der Waals surface area (Å²) in [7, 11) is 0. The van der Waals surface area contributed by atoms with Gasteiger partial charge in [0.1, 0.15) is 0 Å². The Morgan fingerprint density at radius 3 is 2.50 bits per heavy atom. The zero-order valence-electron chi connectivity index (χ0n) is 10.4. The molecule has 5 nitrogen and oxygen atoms in total. The SMILES string of the molecule is NC(=S)C1(C(=O)N2CCC(OCCO)CC2)CC1. The number of carbonyl (C=O) groups excluding carboxylic acids is 1. The summed E-state index contributed by atoms with van der Waals surface area (Å²) in [5.74, 6) is 0.0932. The van der Waals surface area contributed by atoms with Crippen molar-refractivity contribution in [3.63, 3.8) is 0 Å². The van der Waals surface area contributed by atoms with Crippen LogP contribution in [0.15, 0.2) is 0 Å². The molecule has 2 fully saturated rings. The highest BCUT2D eigenvalue weighted by atomic mass is 32.1. The largest absolute Gasteiger partial charge is 0.394 e. The molecule has 2 rings (SSSR count). The Kier molecular flexibility index (Phi) is 4.19. The molecular formula is C12H20N2O3S. The van der Waals surface area contributed by atoms with Crippen LogP contribution in [0.2, 0.25) is 0 Å². The van der Waals surface area contributed by atoms with Gasteiger partial charge in [-0.25, -0.2) is 0 Å². The van der Waals surface area contributed by atoms with Crippen LogP contribution < -0.4 is 5.73 Å². The van der Waals surface area contributed by atoms with Crippen LogP contribution in [-0.2, 0) is 9.53 Å². The molecule has 6 heteroatoms. The van der Waals surface area contributed by atoms with Crippen molar-refractivity contribution in [3.05, 3.63) is 0 Å². The molecule has 0 aromatic rings. The van der Waals surface area contributed by atoms with E-state index < -0.39 is 5.41 Å². The molecule has 2 aliphatic rings. The third-order valence-electron chi connectivity index (χ3n) is 3.81. The van der Waals surface area contributed by atoms with Crippen molar-refractivity contribution in [2.75, 3.05) is 26.3 Å². The second-order valence-corrected chi connectivity index (χ2v) is 5.47. The van der Waals surface area contributed by atoms with E-state index in [1.807, 2.05) is 4.90 Å². The van der Waals surface area contributed by atoms with Crippen LogP contribution in [0.25, 0.3) is 0 Å². The summed E-state index contributed by atoms with van der Waals surface area (Å²) in [6, 6.07) is 0. The van der Waals surface area contributed by atoms with E-state index in [-0.39, 0.29) is 18.6 Å². The number of piperidine rings is 1. The summed E-state index contributed by atoms with van der Waals surface area (Å²) < 4.78 is 5.47. The standard InChI is InChI=1S/C12H20N2O3S/c13-10(18)12(3-4-12)11(16)14-5-1-9(2-6-14)17-8-7-15/h9,15H,1-8H2,(H2,13,18). The molecule has 1 aliphatic heterocycles. The third-order valence-corrected chi connectivity index (χ3v) is 4.20. The van der Waals surface area contributed by atoms with Crippen LogP contribution in [0.1, 0.15) is 25.7 Å². The maximum absolute atomic E-state index is 12.3. The van der Waals surface area contributed by atoms with Gasteiger partial charge in [-0.2, -0.15) is 0 Å². The maximum Gasteiger partial charge on any atom is 0.235 e.